The Hall–Kier alpha value is -2.36. The van der Waals surface area contributed by atoms with Gasteiger partial charge in [0.1, 0.15) is 0 Å². The number of nitrogens with zero attached hydrogens (tertiary/aromatic N) is 1. The zero-order chi connectivity index (χ0) is 15.2. The molecule has 0 atom stereocenters. The van der Waals surface area contributed by atoms with Gasteiger partial charge in [-0.1, -0.05) is 13.8 Å². The van der Waals surface area contributed by atoms with Crippen LogP contribution >= 0.6 is 0 Å². The van der Waals surface area contributed by atoms with E-state index in [1.54, 1.807) is 12.4 Å². The van der Waals surface area contributed by atoms with Crippen LogP contribution in [-0.4, -0.2) is 10.9 Å². The molecular formula is C17H21N3O. The molecule has 0 fully saturated rings. The molecule has 4 nitrogen and oxygen atoms in total. The third-order valence-electron chi connectivity index (χ3n) is 3.64. The Morgan fingerprint density at radius 3 is 2.33 bits per heavy atom. The number of carbonyl (C=O) groups is 1. The van der Waals surface area contributed by atoms with Gasteiger partial charge in [-0.05, 0) is 53.8 Å². The molecular weight excluding hydrogens is 262 g/mol. The first-order valence-corrected chi connectivity index (χ1v) is 7.24. The normalized spacial score (nSPS) is 10.4. The van der Waals surface area contributed by atoms with E-state index in [0.29, 0.717) is 5.56 Å². The summed E-state index contributed by atoms with van der Waals surface area (Å²) < 4.78 is 0. The third kappa shape index (κ3) is 3.40. The molecule has 0 aliphatic heterocycles. The van der Waals surface area contributed by atoms with Gasteiger partial charge in [0.2, 0.25) is 5.91 Å². The van der Waals surface area contributed by atoms with Gasteiger partial charge in [0.15, 0.2) is 0 Å². The molecule has 0 unspecified atom stereocenters. The molecule has 3 N–H and O–H groups in total. The summed E-state index contributed by atoms with van der Waals surface area (Å²) in [5, 5.41) is 3.44. The Balaban J connectivity index is 2.29. The molecule has 4 heteroatoms. The Bertz CT molecular complexity index is 623. The van der Waals surface area contributed by atoms with Gasteiger partial charge in [0, 0.05) is 30.2 Å². The zero-order valence-corrected chi connectivity index (χ0v) is 12.5. The lowest BCUT2D eigenvalue weighted by atomic mass is 9.95. The first-order chi connectivity index (χ1) is 10.2. The fourth-order valence-corrected chi connectivity index (χ4v) is 2.60. The molecule has 110 valence electrons. The van der Waals surface area contributed by atoms with E-state index in [0.717, 1.165) is 30.6 Å². The number of hydrogen-bond acceptors (Lipinski definition) is 3. The summed E-state index contributed by atoms with van der Waals surface area (Å²) in [6.07, 6.45) is 5.23. The largest absolute Gasteiger partial charge is 0.381 e. The summed E-state index contributed by atoms with van der Waals surface area (Å²) in [4.78, 5) is 15.5. The topological polar surface area (TPSA) is 68.0 Å². The van der Waals surface area contributed by atoms with Gasteiger partial charge in [-0.2, -0.15) is 0 Å². The second kappa shape index (κ2) is 6.88. The number of pyridine rings is 1. The minimum absolute atomic E-state index is 0.359. The maximum atomic E-state index is 11.5. The maximum absolute atomic E-state index is 11.5. The number of primary amides is 1. The van der Waals surface area contributed by atoms with E-state index in [9.17, 15) is 4.79 Å². The van der Waals surface area contributed by atoms with Crippen LogP contribution in [0.4, 0.5) is 5.69 Å². The molecule has 1 heterocycles. The van der Waals surface area contributed by atoms with Crippen LogP contribution in [0.25, 0.3) is 0 Å². The van der Waals surface area contributed by atoms with Crippen LogP contribution in [0, 0.1) is 0 Å². The van der Waals surface area contributed by atoms with E-state index in [2.05, 4.69) is 17.2 Å². The SMILES string of the molecule is CCc1c(NCc2ccncc2)ccc(C(N)=O)c1CC. The van der Waals surface area contributed by atoms with Gasteiger partial charge >= 0.3 is 0 Å². The van der Waals surface area contributed by atoms with Crippen molar-refractivity contribution < 1.29 is 4.79 Å². The average Bonchev–Trinajstić information content (AvgIpc) is 2.52. The molecule has 0 aliphatic carbocycles. The van der Waals surface area contributed by atoms with Crippen molar-refractivity contribution >= 4 is 11.6 Å². The van der Waals surface area contributed by atoms with E-state index >= 15 is 0 Å². The highest BCUT2D eigenvalue weighted by Gasteiger charge is 2.13. The van der Waals surface area contributed by atoms with Gasteiger partial charge in [-0.15, -0.1) is 0 Å². The van der Waals surface area contributed by atoms with E-state index < -0.39 is 0 Å². The van der Waals surface area contributed by atoms with Gasteiger partial charge in [-0.3, -0.25) is 9.78 Å². The van der Waals surface area contributed by atoms with Crippen molar-refractivity contribution in [2.75, 3.05) is 5.32 Å². The van der Waals surface area contributed by atoms with Crippen LogP contribution in [0.2, 0.25) is 0 Å². The number of nitrogens with one attached hydrogen (secondary N) is 1. The fraction of sp³-hybridized carbons (Fsp3) is 0.294. The first kappa shape index (κ1) is 15.0. The molecule has 2 rings (SSSR count). The number of rotatable bonds is 6. The predicted octanol–water partition coefficient (Wildman–Crippen LogP) is 2.92. The first-order valence-electron chi connectivity index (χ1n) is 7.24. The molecule has 0 bridgehead atoms. The minimum Gasteiger partial charge on any atom is -0.381 e. The molecule has 0 saturated carbocycles. The number of aromatic nitrogens is 1. The summed E-state index contributed by atoms with van der Waals surface area (Å²) in [6, 6.07) is 7.72. The Morgan fingerprint density at radius 1 is 1.10 bits per heavy atom. The molecule has 21 heavy (non-hydrogen) atoms. The Morgan fingerprint density at radius 2 is 1.76 bits per heavy atom. The van der Waals surface area contributed by atoms with Crippen LogP contribution in [-0.2, 0) is 19.4 Å². The standard InChI is InChI=1S/C17H21N3O/c1-3-13-14(4-2)16(6-5-15(13)17(18)21)20-11-12-7-9-19-10-8-12/h5-10,20H,3-4,11H2,1-2H3,(H2,18,21). The zero-order valence-electron chi connectivity index (χ0n) is 12.5. The summed E-state index contributed by atoms with van der Waals surface area (Å²) in [6.45, 7) is 4.87. The van der Waals surface area contributed by atoms with Gasteiger partial charge < -0.3 is 11.1 Å². The van der Waals surface area contributed by atoms with Crippen molar-refractivity contribution in [2.45, 2.75) is 33.2 Å². The molecule has 1 aromatic carbocycles. The molecule has 0 radical (unpaired) electrons. The molecule has 0 aliphatic rings. The van der Waals surface area contributed by atoms with E-state index in [1.165, 1.54) is 11.1 Å². The van der Waals surface area contributed by atoms with Crippen molar-refractivity contribution in [1.82, 2.24) is 4.98 Å². The maximum Gasteiger partial charge on any atom is 0.248 e. The van der Waals surface area contributed by atoms with Crippen molar-refractivity contribution in [3.63, 3.8) is 0 Å². The number of hydrogen-bond donors (Lipinski definition) is 2. The lowest BCUT2D eigenvalue weighted by molar-refractivity contribution is 0.0999. The highest BCUT2D eigenvalue weighted by atomic mass is 16.1. The van der Waals surface area contributed by atoms with E-state index in [1.807, 2.05) is 31.2 Å². The molecule has 2 aromatic rings. The minimum atomic E-state index is -0.359. The fourth-order valence-electron chi connectivity index (χ4n) is 2.60. The van der Waals surface area contributed by atoms with Crippen LogP contribution in [0.5, 0.6) is 0 Å². The summed E-state index contributed by atoms with van der Waals surface area (Å²) >= 11 is 0. The number of carbonyl (C=O) groups excluding carboxylic acids is 1. The summed E-state index contributed by atoms with van der Waals surface area (Å²) in [7, 11) is 0. The molecule has 0 saturated heterocycles. The Labute approximate surface area is 125 Å². The van der Waals surface area contributed by atoms with Crippen LogP contribution in [0.1, 0.15) is 40.9 Å². The number of benzene rings is 1. The van der Waals surface area contributed by atoms with Gasteiger partial charge in [0.05, 0.1) is 0 Å². The second-order valence-electron chi connectivity index (χ2n) is 4.90. The lowest BCUT2D eigenvalue weighted by Crippen LogP contribution is -2.16. The van der Waals surface area contributed by atoms with Crippen molar-refractivity contribution in [3.05, 3.63) is 58.9 Å². The van der Waals surface area contributed by atoms with Gasteiger partial charge in [0.25, 0.3) is 0 Å². The third-order valence-corrected chi connectivity index (χ3v) is 3.64. The molecule has 0 spiro atoms. The molecule has 1 aromatic heterocycles. The van der Waals surface area contributed by atoms with E-state index in [4.69, 9.17) is 5.73 Å². The smallest absolute Gasteiger partial charge is 0.248 e. The summed E-state index contributed by atoms with van der Waals surface area (Å²) in [5.41, 5.74) is 10.5. The Kier molecular flexibility index (Phi) is 4.93. The molecule has 1 amide bonds. The van der Waals surface area contributed by atoms with Crippen LogP contribution < -0.4 is 11.1 Å². The number of anilines is 1. The van der Waals surface area contributed by atoms with Crippen molar-refractivity contribution in [3.8, 4) is 0 Å². The second-order valence-corrected chi connectivity index (χ2v) is 4.90. The predicted molar refractivity (Wildman–Crippen MR) is 85.3 cm³/mol. The summed E-state index contributed by atoms with van der Waals surface area (Å²) in [5.74, 6) is -0.359. The van der Waals surface area contributed by atoms with Crippen LogP contribution in [0.3, 0.4) is 0 Å². The van der Waals surface area contributed by atoms with E-state index in [-0.39, 0.29) is 5.91 Å². The van der Waals surface area contributed by atoms with Crippen molar-refractivity contribution in [2.24, 2.45) is 5.73 Å². The number of nitrogens with two attached hydrogens (primary N) is 1. The highest BCUT2D eigenvalue weighted by Crippen LogP contribution is 2.25. The quantitative estimate of drug-likeness (QED) is 0.856. The average molecular weight is 283 g/mol. The number of amides is 1. The van der Waals surface area contributed by atoms with Gasteiger partial charge in [-0.25, -0.2) is 0 Å². The van der Waals surface area contributed by atoms with Crippen LogP contribution in [0.15, 0.2) is 36.7 Å². The van der Waals surface area contributed by atoms with Crippen molar-refractivity contribution in [1.29, 1.82) is 0 Å². The monoisotopic (exact) mass is 283 g/mol. The lowest BCUT2D eigenvalue weighted by Gasteiger charge is -2.17. The highest BCUT2D eigenvalue weighted by molar-refractivity contribution is 5.95.